The zero-order valence-electron chi connectivity index (χ0n) is 20.3. The van der Waals surface area contributed by atoms with E-state index < -0.39 is 6.04 Å². The Labute approximate surface area is 209 Å². The van der Waals surface area contributed by atoms with Crippen LogP contribution in [0.2, 0.25) is 0 Å². The van der Waals surface area contributed by atoms with Crippen molar-refractivity contribution in [3.05, 3.63) is 42.4 Å². The van der Waals surface area contributed by atoms with Crippen molar-refractivity contribution in [2.75, 3.05) is 36.8 Å². The van der Waals surface area contributed by atoms with Crippen molar-refractivity contribution >= 4 is 40.4 Å². The fourth-order valence-electron chi connectivity index (χ4n) is 4.64. The number of hydrogen-bond acceptors (Lipinski definition) is 7. The van der Waals surface area contributed by atoms with Crippen LogP contribution in [0, 0.1) is 6.92 Å². The lowest BCUT2D eigenvalue weighted by Gasteiger charge is -2.25. The van der Waals surface area contributed by atoms with Crippen molar-refractivity contribution in [2.24, 2.45) is 4.99 Å². The van der Waals surface area contributed by atoms with Gasteiger partial charge >= 0.3 is 0 Å². The average Bonchev–Trinajstić information content (AvgIpc) is 3.50. The molecule has 0 unspecified atom stereocenters. The van der Waals surface area contributed by atoms with Crippen LogP contribution >= 0.6 is 0 Å². The lowest BCUT2D eigenvalue weighted by Crippen LogP contribution is -2.45. The lowest BCUT2D eigenvalue weighted by atomic mass is 10.1. The number of furan rings is 1. The predicted octanol–water partition coefficient (Wildman–Crippen LogP) is 2.81. The summed E-state index contributed by atoms with van der Waals surface area (Å²) in [5.41, 5.74) is 1.55. The molecule has 2 aliphatic rings. The number of amides is 2. The molecule has 0 aliphatic carbocycles. The molecule has 0 saturated carbocycles. The second kappa shape index (κ2) is 10.7. The van der Waals surface area contributed by atoms with Crippen LogP contribution in [0.5, 0.6) is 0 Å². The second-order valence-electron chi connectivity index (χ2n) is 9.16. The van der Waals surface area contributed by atoms with Gasteiger partial charge in [-0.1, -0.05) is 0 Å². The van der Waals surface area contributed by atoms with Crippen molar-refractivity contribution in [1.82, 2.24) is 25.0 Å². The summed E-state index contributed by atoms with van der Waals surface area (Å²) < 4.78 is 5.67. The number of benzene rings is 1. The Bertz CT molecular complexity index is 1250. The topological polar surface area (TPSA) is 129 Å². The molecule has 5 rings (SSSR count). The molecular formula is C25H30N8O3. The highest BCUT2D eigenvalue weighted by Crippen LogP contribution is 2.23. The Hall–Kier alpha value is -4.02. The van der Waals surface area contributed by atoms with Crippen LogP contribution in [0.25, 0.3) is 11.0 Å². The first-order valence-corrected chi connectivity index (χ1v) is 12.4. The predicted molar refractivity (Wildman–Crippen MR) is 135 cm³/mol. The highest BCUT2D eigenvalue weighted by molar-refractivity contribution is 6.04. The van der Waals surface area contributed by atoms with Crippen LogP contribution < -0.4 is 10.6 Å². The summed E-state index contributed by atoms with van der Waals surface area (Å²) in [6.45, 7) is 4.10. The van der Waals surface area contributed by atoms with Crippen molar-refractivity contribution in [3.8, 4) is 0 Å². The number of aliphatic imine (C=N–C) groups is 1. The number of fused-ring (bicyclic) bond motifs is 1. The monoisotopic (exact) mass is 490 g/mol. The van der Waals surface area contributed by atoms with Gasteiger partial charge in [0.1, 0.15) is 17.4 Å². The molecule has 0 bridgehead atoms. The van der Waals surface area contributed by atoms with Gasteiger partial charge in [-0.25, -0.2) is 9.98 Å². The first-order chi connectivity index (χ1) is 17.5. The van der Waals surface area contributed by atoms with E-state index in [9.17, 15) is 9.59 Å². The Balaban J connectivity index is 1.38. The Kier molecular flexibility index (Phi) is 7.06. The van der Waals surface area contributed by atoms with Crippen LogP contribution in [-0.2, 0) is 9.59 Å². The number of carbonyl (C=O) groups is 2. The molecule has 3 aromatic rings. The lowest BCUT2D eigenvalue weighted by molar-refractivity contribution is -0.140. The number of aromatic nitrogens is 3. The number of nitrogens with zero attached hydrogens (tertiary/aromatic N) is 6. The van der Waals surface area contributed by atoms with E-state index in [1.54, 1.807) is 4.90 Å². The van der Waals surface area contributed by atoms with Gasteiger partial charge in [0.15, 0.2) is 0 Å². The summed E-state index contributed by atoms with van der Waals surface area (Å²) in [5.74, 6) is 1.27. The number of nitrogens with one attached hydrogen (secondary N) is 2. The van der Waals surface area contributed by atoms with E-state index in [0.717, 1.165) is 61.2 Å². The second-order valence-corrected chi connectivity index (χ2v) is 9.16. The number of carbonyl (C=O) groups excluding carboxylic acids is 2. The summed E-state index contributed by atoms with van der Waals surface area (Å²) in [4.78, 5) is 38.6. The van der Waals surface area contributed by atoms with Gasteiger partial charge in [0.05, 0.1) is 18.9 Å². The first-order valence-electron chi connectivity index (χ1n) is 12.4. The summed E-state index contributed by atoms with van der Waals surface area (Å²) in [6.07, 6.45) is 7.31. The van der Waals surface area contributed by atoms with Gasteiger partial charge in [-0.15, -0.1) is 5.10 Å². The minimum atomic E-state index is -0.634. The molecule has 0 spiro atoms. The fraction of sp³-hybridized carbons (Fsp3) is 0.440. The molecule has 36 heavy (non-hydrogen) atoms. The molecule has 11 nitrogen and oxygen atoms in total. The number of aryl methyl sites for hydroxylation is 1. The van der Waals surface area contributed by atoms with Crippen LogP contribution in [-0.4, -0.2) is 75.0 Å². The van der Waals surface area contributed by atoms with Gasteiger partial charge in [-0.2, -0.15) is 5.10 Å². The van der Waals surface area contributed by atoms with E-state index in [2.05, 4.69) is 25.8 Å². The highest BCUT2D eigenvalue weighted by Gasteiger charge is 2.30. The van der Waals surface area contributed by atoms with Crippen molar-refractivity contribution in [2.45, 2.75) is 45.1 Å². The van der Waals surface area contributed by atoms with Gasteiger partial charge < -0.3 is 19.5 Å². The molecule has 1 aromatic carbocycles. The highest BCUT2D eigenvalue weighted by atomic mass is 16.3. The third kappa shape index (κ3) is 5.61. The van der Waals surface area contributed by atoms with E-state index in [-0.39, 0.29) is 24.3 Å². The third-order valence-electron chi connectivity index (χ3n) is 6.44. The summed E-state index contributed by atoms with van der Waals surface area (Å²) >= 11 is 0. The fourth-order valence-corrected chi connectivity index (χ4v) is 4.64. The smallest absolute Gasteiger partial charge is 0.249 e. The maximum Gasteiger partial charge on any atom is 0.249 e. The molecule has 188 valence electrons. The van der Waals surface area contributed by atoms with Gasteiger partial charge in [0.2, 0.25) is 23.7 Å². The molecule has 0 radical (unpaired) electrons. The van der Waals surface area contributed by atoms with Crippen molar-refractivity contribution < 1.29 is 14.0 Å². The van der Waals surface area contributed by atoms with Crippen molar-refractivity contribution in [1.29, 1.82) is 0 Å². The van der Waals surface area contributed by atoms with Gasteiger partial charge in [0, 0.05) is 30.7 Å². The van der Waals surface area contributed by atoms with E-state index in [1.165, 1.54) is 12.4 Å². The number of rotatable bonds is 5. The number of likely N-dealkylation sites (tertiary alicyclic amines) is 2. The van der Waals surface area contributed by atoms with Crippen molar-refractivity contribution in [3.63, 3.8) is 0 Å². The standard InChI is InChI=1S/C25H30N8O3/c1-17-14-18-15-19(7-8-21(18)36-17)28-25(30-24-26-9-10-27-31-24)29-20-6-2-3-13-33(23(20)35)16-22(34)32-11-4-5-12-32/h7-10,14-15,20H,2-6,11-13,16H2,1H3,(H2,26,28,29,30,31)/t20-/m0/s1. The molecule has 2 amide bonds. The van der Waals surface area contributed by atoms with Crippen LogP contribution in [0.15, 0.2) is 46.1 Å². The SMILES string of the molecule is Cc1cc2cc(NC(=N[C@H]3CCCCN(CC(=O)N4CCCC4)C3=O)Nc3nccnn3)ccc2o1. The Morgan fingerprint density at radius 2 is 1.94 bits per heavy atom. The minimum absolute atomic E-state index is 0.00872. The molecule has 1 atom stereocenters. The van der Waals surface area contributed by atoms with Crippen LogP contribution in [0.1, 0.15) is 37.9 Å². The van der Waals surface area contributed by atoms with Crippen LogP contribution in [0.4, 0.5) is 11.6 Å². The quantitative estimate of drug-likeness (QED) is 0.413. The van der Waals surface area contributed by atoms with Crippen LogP contribution in [0.3, 0.4) is 0 Å². The average molecular weight is 491 g/mol. The molecule has 11 heteroatoms. The summed E-state index contributed by atoms with van der Waals surface area (Å²) in [6, 6.07) is 7.03. The zero-order valence-corrected chi connectivity index (χ0v) is 20.3. The molecule has 2 N–H and O–H groups in total. The Morgan fingerprint density at radius 3 is 2.75 bits per heavy atom. The zero-order chi connectivity index (χ0) is 24.9. The van der Waals surface area contributed by atoms with E-state index in [0.29, 0.717) is 18.9 Å². The normalized spacial score (nSPS) is 19.0. The Morgan fingerprint density at radius 1 is 1.11 bits per heavy atom. The first kappa shape index (κ1) is 23.7. The van der Waals surface area contributed by atoms with E-state index in [1.807, 2.05) is 36.1 Å². The maximum absolute atomic E-state index is 13.5. The maximum atomic E-state index is 13.5. The molecule has 2 aromatic heterocycles. The van der Waals surface area contributed by atoms with Gasteiger partial charge in [-0.3, -0.25) is 14.9 Å². The number of hydrogen-bond donors (Lipinski definition) is 2. The van der Waals surface area contributed by atoms with E-state index in [4.69, 9.17) is 9.41 Å². The molecule has 2 aliphatic heterocycles. The minimum Gasteiger partial charge on any atom is -0.461 e. The third-order valence-corrected chi connectivity index (χ3v) is 6.44. The molecule has 2 fully saturated rings. The molecule has 4 heterocycles. The largest absolute Gasteiger partial charge is 0.461 e. The van der Waals surface area contributed by atoms with E-state index >= 15 is 0 Å². The van der Waals surface area contributed by atoms with Gasteiger partial charge in [-0.05, 0) is 63.3 Å². The van der Waals surface area contributed by atoms with Gasteiger partial charge in [0.25, 0.3) is 0 Å². The molecule has 2 saturated heterocycles. The molecular weight excluding hydrogens is 460 g/mol. The number of anilines is 2. The number of guanidine groups is 1. The summed E-state index contributed by atoms with van der Waals surface area (Å²) in [7, 11) is 0. The summed E-state index contributed by atoms with van der Waals surface area (Å²) in [5, 5.41) is 15.1.